The Morgan fingerprint density at radius 2 is 1.71 bits per heavy atom. The normalized spacial score (nSPS) is 41.3. The summed E-state index contributed by atoms with van der Waals surface area (Å²) in [6, 6.07) is 0. The Labute approximate surface area is 85.0 Å². The van der Waals surface area contributed by atoms with Gasteiger partial charge in [-0.15, -0.1) is 0 Å². The van der Waals surface area contributed by atoms with Crippen molar-refractivity contribution in [1.29, 1.82) is 0 Å². The van der Waals surface area contributed by atoms with E-state index in [1.807, 2.05) is 0 Å². The van der Waals surface area contributed by atoms with Crippen molar-refractivity contribution in [3.63, 3.8) is 0 Å². The van der Waals surface area contributed by atoms with Gasteiger partial charge < -0.3 is 4.74 Å². The Morgan fingerprint density at radius 1 is 1.07 bits per heavy atom. The SMILES string of the molecule is O=C(CC1CC1)C1CC2CCC(C1)O2. The Kier molecular flexibility index (Phi) is 2.12. The van der Waals surface area contributed by atoms with Crippen LogP contribution in [0.5, 0.6) is 0 Å². The minimum absolute atomic E-state index is 0.349. The van der Waals surface area contributed by atoms with E-state index < -0.39 is 0 Å². The lowest BCUT2D eigenvalue weighted by atomic mass is 9.89. The molecule has 2 heteroatoms. The molecule has 0 aromatic carbocycles. The van der Waals surface area contributed by atoms with Crippen molar-refractivity contribution in [2.24, 2.45) is 11.8 Å². The van der Waals surface area contributed by atoms with Gasteiger partial charge in [-0.1, -0.05) is 0 Å². The summed E-state index contributed by atoms with van der Waals surface area (Å²) in [5.41, 5.74) is 0. The van der Waals surface area contributed by atoms with E-state index in [0.717, 1.165) is 25.2 Å². The summed E-state index contributed by atoms with van der Waals surface area (Å²) in [4.78, 5) is 11.9. The lowest BCUT2D eigenvalue weighted by Gasteiger charge is -2.27. The number of rotatable bonds is 3. The number of ketones is 1. The van der Waals surface area contributed by atoms with Crippen LogP contribution in [0.25, 0.3) is 0 Å². The Bertz CT molecular complexity index is 233. The second kappa shape index (κ2) is 3.34. The number of fused-ring (bicyclic) bond motifs is 2. The summed E-state index contributed by atoms with van der Waals surface area (Å²) in [7, 11) is 0. The fourth-order valence-electron chi connectivity index (χ4n) is 2.89. The maximum Gasteiger partial charge on any atom is 0.136 e. The molecule has 2 nitrogen and oxygen atoms in total. The molecule has 3 fully saturated rings. The third kappa shape index (κ3) is 1.72. The molecule has 78 valence electrons. The van der Waals surface area contributed by atoms with Crippen molar-refractivity contribution < 1.29 is 9.53 Å². The van der Waals surface area contributed by atoms with Gasteiger partial charge in [-0.25, -0.2) is 0 Å². The highest BCUT2D eigenvalue weighted by Crippen LogP contribution is 2.39. The van der Waals surface area contributed by atoms with Crippen LogP contribution in [-0.4, -0.2) is 18.0 Å². The van der Waals surface area contributed by atoms with Crippen LogP contribution in [0.3, 0.4) is 0 Å². The van der Waals surface area contributed by atoms with E-state index in [1.54, 1.807) is 0 Å². The quantitative estimate of drug-likeness (QED) is 0.689. The van der Waals surface area contributed by atoms with Crippen molar-refractivity contribution in [2.45, 2.75) is 57.2 Å². The van der Waals surface area contributed by atoms with Gasteiger partial charge >= 0.3 is 0 Å². The zero-order valence-corrected chi connectivity index (χ0v) is 8.58. The summed E-state index contributed by atoms with van der Waals surface area (Å²) in [6.45, 7) is 0. The van der Waals surface area contributed by atoms with E-state index in [9.17, 15) is 4.79 Å². The van der Waals surface area contributed by atoms with Crippen molar-refractivity contribution in [3.8, 4) is 0 Å². The fourth-order valence-corrected chi connectivity index (χ4v) is 2.89. The van der Waals surface area contributed by atoms with E-state index in [1.165, 1.54) is 25.7 Å². The highest BCUT2D eigenvalue weighted by atomic mass is 16.5. The van der Waals surface area contributed by atoms with Crippen LogP contribution >= 0.6 is 0 Å². The molecule has 0 spiro atoms. The number of Topliss-reactive ketones (excluding diaryl/α,β-unsaturated/α-hetero) is 1. The number of hydrogen-bond donors (Lipinski definition) is 0. The second-order valence-electron chi connectivity index (χ2n) is 5.24. The van der Waals surface area contributed by atoms with Crippen LogP contribution in [0.2, 0.25) is 0 Å². The monoisotopic (exact) mass is 194 g/mol. The average molecular weight is 194 g/mol. The molecule has 2 heterocycles. The second-order valence-corrected chi connectivity index (χ2v) is 5.24. The Morgan fingerprint density at radius 3 is 2.29 bits per heavy atom. The molecule has 2 unspecified atom stereocenters. The first kappa shape index (κ1) is 8.90. The molecule has 2 saturated heterocycles. The van der Waals surface area contributed by atoms with Gasteiger partial charge in [0.2, 0.25) is 0 Å². The van der Waals surface area contributed by atoms with Crippen molar-refractivity contribution in [2.75, 3.05) is 0 Å². The first-order valence-electron chi connectivity index (χ1n) is 5.99. The smallest absolute Gasteiger partial charge is 0.136 e. The topological polar surface area (TPSA) is 26.3 Å². The molecule has 3 rings (SSSR count). The molecule has 3 aliphatic rings. The molecular formula is C12H18O2. The van der Waals surface area contributed by atoms with Gasteiger partial charge in [0.05, 0.1) is 12.2 Å². The number of hydrogen-bond acceptors (Lipinski definition) is 2. The number of carbonyl (C=O) groups is 1. The van der Waals surface area contributed by atoms with E-state index >= 15 is 0 Å². The van der Waals surface area contributed by atoms with Crippen molar-refractivity contribution >= 4 is 5.78 Å². The molecule has 1 saturated carbocycles. The lowest BCUT2D eigenvalue weighted by Crippen LogP contribution is -2.30. The molecule has 2 aliphatic heterocycles. The molecule has 0 radical (unpaired) electrons. The molecule has 2 bridgehead atoms. The van der Waals surface area contributed by atoms with E-state index in [4.69, 9.17) is 4.74 Å². The van der Waals surface area contributed by atoms with Crippen LogP contribution in [0, 0.1) is 11.8 Å². The minimum Gasteiger partial charge on any atom is -0.375 e. The molecule has 2 atom stereocenters. The summed E-state index contributed by atoms with van der Waals surface area (Å²) < 4.78 is 5.75. The van der Waals surface area contributed by atoms with Crippen molar-refractivity contribution in [1.82, 2.24) is 0 Å². The van der Waals surface area contributed by atoms with Gasteiger partial charge in [-0.2, -0.15) is 0 Å². The maximum atomic E-state index is 11.9. The fraction of sp³-hybridized carbons (Fsp3) is 0.917. The average Bonchev–Trinajstić information content (AvgIpc) is 2.93. The lowest BCUT2D eigenvalue weighted by molar-refractivity contribution is -0.128. The predicted octanol–water partition coefficient (Wildman–Crippen LogP) is 2.31. The van der Waals surface area contributed by atoms with Gasteiger partial charge in [-0.05, 0) is 44.4 Å². The Hall–Kier alpha value is -0.370. The van der Waals surface area contributed by atoms with Gasteiger partial charge in [0.1, 0.15) is 5.78 Å². The van der Waals surface area contributed by atoms with Crippen LogP contribution in [0.1, 0.15) is 44.9 Å². The largest absolute Gasteiger partial charge is 0.375 e. The molecule has 0 aromatic rings. The van der Waals surface area contributed by atoms with Gasteiger partial charge in [0, 0.05) is 12.3 Å². The summed E-state index contributed by atoms with van der Waals surface area (Å²) >= 11 is 0. The van der Waals surface area contributed by atoms with Crippen LogP contribution < -0.4 is 0 Å². The molecular weight excluding hydrogens is 176 g/mol. The van der Waals surface area contributed by atoms with Crippen LogP contribution in [-0.2, 0) is 9.53 Å². The van der Waals surface area contributed by atoms with E-state index in [2.05, 4.69) is 0 Å². The predicted molar refractivity (Wildman–Crippen MR) is 53.0 cm³/mol. The Balaban J connectivity index is 1.58. The van der Waals surface area contributed by atoms with E-state index in [0.29, 0.717) is 23.9 Å². The summed E-state index contributed by atoms with van der Waals surface area (Å²) in [5.74, 6) is 1.64. The third-order valence-corrected chi connectivity index (χ3v) is 3.93. The minimum atomic E-state index is 0.349. The maximum absolute atomic E-state index is 11.9. The number of ether oxygens (including phenoxy) is 1. The molecule has 0 aromatic heterocycles. The zero-order chi connectivity index (χ0) is 9.54. The highest BCUT2D eigenvalue weighted by Gasteiger charge is 2.39. The standard InChI is InChI=1S/C12H18O2/c13-12(5-8-1-2-8)9-6-10-3-4-11(7-9)14-10/h8-11H,1-7H2. The van der Waals surface area contributed by atoms with Gasteiger partial charge in [0.15, 0.2) is 0 Å². The van der Waals surface area contributed by atoms with Crippen LogP contribution in [0.4, 0.5) is 0 Å². The summed E-state index contributed by atoms with van der Waals surface area (Å²) in [6.07, 6.45) is 8.71. The highest BCUT2D eigenvalue weighted by molar-refractivity contribution is 5.81. The zero-order valence-electron chi connectivity index (χ0n) is 8.58. The van der Waals surface area contributed by atoms with Crippen LogP contribution in [0.15, 0.2) is 0 Å². The third-order valence-electron chi connectivity index (χ3n) is 3.93. The van der Waals surface area contributed by atoms with E-state index in [-0.39, 0.29) is 0 Å². The molecule has 1 aliphatic carbocycles. The molecule has 0 N–H and O–H groups in total. The number of carbonyl (C=O) groups excluding carboxylic acids is 1. The first-order valence-corrected chi connectivity index (χ1v) is 5.99. The molecule has 0 amide bonds. The van der Waals surface area contributed by atoms with Crippen molar-refractivity contribution in [3.05, 3.63) is 0 Å². The summed E-state index contributed by atoms with van der Waals surface area (Å²) in [5, 5.41) is 0. The van der Waals surface area contributed by atoms with Gasteiger partial charge in [-0.3, -0.25) is 4.79 Å². The molecule has 14 heavy (non-hydrogen) atoms. The first-order chi connectivity index (χ1) is 6.81. The van der Waals surface area contributed by atoms with Gasteiger partial charge in [0.25, 0.3) is 0 Å².